The summed E-state index contributed by atoms with van der Waals surface area (Å²) in [6.07, 6.45) is 8.82. The number of hydrogen-bond acceptors (Lipinski definition) is 2. The van der Waals surface area contributed by atoms with Gasteiger partial charge >= 0.3 is 0 Å². The van der Waals surface area contributed by atoms with Crippen LogP contribution in [0.5, 0.6) is 0 Å². The number of allylic oxidation sites excluding steroid dienone is 1. The fourth-order valence-electron chi connectivity index (χ4n) is 7.26. The maximum Gasteiger partial charge on any atom is 0.254 e. The molecule has 1 N–H and O–H groups in total. The average Bonchev–Trinajstić information content (AvgIpc) is 3.20. The maximum absolute atomic E-state index is 13.0. The summed E-state index contributed by atoms with van der Waals surface area (Å²) in [5, 5.41) is 10.8. The molecule has 0 radical (unpaired) electrons. The molecule has 1 aliphatic heterocycles. The van der Waals surface area contributed by atoms with Gasteiger partial charge in [0.25, 0.3) is 5.91 Å². The number of likely N-dealkylation sites (tertiary alicyclic amines) is 1. The van der Waals surface area contributed by atoms with Crippen LogP contribution in [0.3, 0.4) is 0 Å². The standard InChI is InChI=1S/C27H38BrNO2/c1-19(23-11-12-24-21(18-28)10-7-14-26(23,24)2)16-22-17-27(3,31)25(30)29(22)15-13-20-8-5-4-6-9-20/h4-6,8-9,18-19,22-24,31H,7,10-17H2,1-3H3/b21-18+/t19-,22?,23-,24+,26-,27?/m1/s1. The van der Waals surface area contributed by atoms with Gasteiger partial charge in [-0.25, -0.2) is 0 Å². The van der Waals surface area contributed by atoms with E-state index in [2.05, 4.69) is 46.9 Å². The first-order valence-electron chi connectivity index (χ1n) is 12.1. The molecule has 1 amide bonds. The van der Waals surface area contributed by atoms with Crippen LogP contribution >= 0.6 is 15.9 Å². The molecule has 0 bridgehead atoms. The number of halogens is 1. The number of benzene rings is 1. The topological polar surface area (TPSA) is 40.5 Å². The fraction of sp³-hybridized carbons (Fsp3) is 0.667. The molecule has 4 heteroatoms. The van der Waals surface area contributed by atoms with Gasteiger partial charge in [-0.05, 0) is 85.6 Å². The molecule has 1 saturated heterocycles. The van der Waals surface area contributed by atoms with Crippen molar-refractivity contribution in [2.45, 2.75) is 83.8 Å². The zero-order chi connectivity index (χ0) is 22.2. The van der Waals surface area contributed by atoms with Crippen molar-refractivity contribution in [1.29, 1.82) is 0 Å². The highest BCUT2D eigenvalue weighted by Gasteiger charge is 2.52. The van der Waals surface area contributed by atoms with Crippen LogP contribution in [0.1, 0.15) is 71.3 Å². The van der Waals surface area contributed by atoms with E-state index >= 15 is 0 Å². The lowest BCUT2D eigenvalue weighted by molar-refractivity contribution is -0.142. The molecule has 1 heterocycles. The van der Waals surface area contributed by atoms with E-state index in [1.54, 1.807) is 12.5 Å². The molecule has 1 aromatic rings. The second-order valence-corrected chi connectivity index (χ2v) is 11.3. The quantitative estimate of drug-likeness (QED) is 0.526. The van der Waals surface area contributed by atoms with Crippen LogP contribution in [0.2, 0.25) is 0 Å². The van der Waals surface area contributed by atoms with Crippen LogP contribution in [0, 0.1) is 23.2 Å². The Kier molecular flexibility index (Phi) is 6.70. The lowest BCUT2D eigenvalue weighted by Crippen LogP contribution is -2.41. The minimum Gasteiger partial charge on any atom is -0.380 e. The molecule has 2 unspecified atom stereocenters. The first-order valence-corrected chi connectivity index (χ1v) is 13.0. The van der Waals surface area contributed by atoms with E-state index in [1.807, 2.05) is 23.1 Å². The van der Waals surface area contributed by atoms with E-state index in [-0.39, 0.29) is 11.9 Å². The van der Waals surface area contributed by atoms with Gasteiger partial charge in [-0.15, -0.1) is 0 Å². The van der Waals surface area contributed by atoms with Crippen molar-refractivity contribution in [2.75, 3.05) is 6.54 Å². The summed E-state index contributed by atoms with van der Waals surface area (Å²) in [5.74, 6) is 1.86. The minimum absolute atomic E-state index is 0.0849. The van der Waals surface area contributed by atoms with Gasteiger partial charge in [0, 0.05) is 19.0 Å². The third kappa shape index (κ3) is 4.39. The Morgan fingerprint density at radius 2 is 2.00 bits per heavy atom. The van der Waals surface area contributed by atoms with Crippen molar-refractivity contribution in [3.8, 4) is 0 Å². The van der Waals surface area contributed by atoms with Gasteiger partial charge < -0.3 is 10.0 Å². The fourth-order valence-corrected chi connectivity index (χ4v) is 7.81. The van der Waals surface area contributed by atoms with Crippen molar-refractivity contribution < 1.29 is 9.90 Å². The summed E-state index contributed by atoms with van der Waals surface area (Å²) >= 11 is 3.63. The third-order valence-electron chi connectivity index (χ3n) is 8.79. The smallest absolute Gasteiger partial charge is 0.254 e. The van der Waals surface area contributed by atoms with Crippen LogP contribution in [-0.4, -0.2) is 34.1 Å². The molecule has 2 saturated carbocycles. The SMILES string of the molecule is C[C@H](CC1CC(C)(O)C(=O)N1CCc1ccccc1)[C@H]1CC[C@H]2/C(=C/Br)CCC[C@]12C. The van der Waals surface area contributed by atoms with Crippen molar-refractivity contribution in [2.24, 2.45) is 23.2 Å². The van der Waals surface area contributed by atoms with E-state index in [4.69, 9.17) is 0 Å². The Labute approximate surface area is 196 Å². The van der Waals surface area contributed by atoms with E-state index in [1.165, 1.54) is 37.7 Å². The number of hydrogen-bond donors (Lipinski definition) is 1. The van der Waals surface area contributed by atoms with Crippen molar-refractivity contribution in [3.63, 3.8) is 0 Å². The largest absolute Gasteiger partial charge is 0.380 e. The lowest BCUT2D eigenvalue weighted by atomic mass is 9.61. The molecule has 31 heavy (non-hydrogen) atoms. The molecule has 170 valence electrons. The summed E-state index contributed by atoms with van der Waals surface area (Å²) < 4.78 is 0. The van der Waals surface area contributed by atoms with Crippen molar-refractivity contribution in [3.05, 3.63) is 46.5 Å². The maximum atomic E-state index is 13.0. The highest BCUT2D eigenvalue weighted by molar-refractivity contribution is 9.11. The van der Waals surface area contributed by atoms with E-state index in [0.29, 0.717) is 36.1 Å². The van der Waals surface area contributed by atoms with Crippen LogP contribution in [0.15, 0.2) is 40.9 Å². The predicted molar refractivity (Wildman–Crippen MR) is 130 cm³/mol. The highest BCUT2D eigenvalue weighted by Crippen LogP contribution is 2.60. The first-order chi connectivity index (χ1) is 14.8. The van der Waals surface area contributed by atoms with Crippen LogP contribution in [0.25, 0.3) is 0 Å². The molecule has 6 atom stereocenters. The molecular formula is C27H38BrNO2. The second kappa shape index (κ2) is 9.02. The third-order valence-corrected chi connectivity index (χ3v) is 9.38. The summed E-state index contributed by atoms with van der Waals surface area (Å²) in [4.78, 5) is 17.2. The monoisotopic (exact) mass is 487 g/mol. The Bertz CT molecular complexity index is 820. The Balaban J connectivity index is 1.46. The van der Waals surface area contributed by atoms with Gasteiger partial charge in [0.05, 0.1) is 0 Å². The zero-order valence-corrected chi connectivity index (χ0v) is 20.9. The van der Waals surface area contributed by atoms with Crippen LogP contribution < -0.4 is 0 Å². The molecule has 3 fully saturated rings. The van der Waals surface area contributed by atoms with Crippen molar-refractivity contribution >= 4 is 21.8 Å². The van der Waals surface area contributed by atoms with Gasteiger partial charge in [-0.3, -0.25) is 4.79 Å². The summed E-state index contributed by atoms with van der Waals surface area (Å²) in [6.45, 7) is 7.32. The lowest BCUT2D eigenvalue weighted by Gasteiger charge is -2.45. The van der Waals surface area contributed by atoms with Gasteiger partial charge in [0.15, 0.2) is 0 Å². The minimum atomic E-state index is -1.22. The van der Waals surface area contributed by atoms with Crippen LogP contribution in [0.4, 0.5) is 0 Å². The molecular weight excluding hydrogens is 450 g/mol. The molecule has 0 spiro atoms. The van der Waals surface area contributed by atoms with Gasteiger partial charge in [0.1, 0.15) is 5.60 Å². The van der Waals surface area contributed by atoms with Crippen LogP contribution in [-0.2, 0) is 11.2 Å². The number of carbonyl (C=O) groups is 1. The molecule has 2 aliphatic carbocycles. The van der Waals surface area contributed by atoms with E-state index < -0.39 is 5.60 Å². The Morgan fingerprint density at radius 1 is 1.26 bits per heavy atom. The number of rotatable bonds is 6. The predicted octanol–water partition coefficient (Wildman–Crippen LogP) is 6.10. The molecule has 4 rings (SSSR count). The van der Waals surface area contributed by atoms with Gasteiger partial charge in [0.2, 0.25) is 0 Å². The van der Waals surface area contributed by atoms with E-state index in [9.17, 15) is 9.90 Å². The summed E-state index contributed by atoms with van der Waals surface area (Å²) in [6, 6.07) is 10.5. The van der Waals surface area contributed by atoms with Crippen molar-refractivity contribution in [1.82, 2.24) is 4.90 Å². The first kappa shape index (κ1) is 23.0. The van der Waals surface area contributed by atoms with E-state index in [0.717, 1.165) is 12.8 Å². The number of amides is 1. The number of fused-ring (bicyclic) bond motifs is 1. The molecule has 0 aromatic heterocycles. The Morgan fingerprint density at radius 3 is 2.71 bits per heavy atom. The highest BCUT2D eigenvalue weighted by atomic mass is 79.9. The summed E-state index contributed by atoms with van der Waals surface area (Å²) in [7, 11) is 0. The van der Waals surface area contributed by atoms with Gasteiger partial charge in [-0.2, -0.15) is 0 Å². The molecule has 3 aliphatic rings. The Hall–Kier alpha value is -1.13. The molecule has 1 aromatic carbocycles. The van der Waals surface area contributed by atoms with Gasteiger partial charge in [-0.1, -0.05) is 65.7 Å². The molecule has 3 nitrogen and oxygen atoms in total. The number of nitrogens with zero attached hydrogens (tertiary/aromatic N) is 1. The summed E-state index contributed by atoms with van der Waals surface area (Å²) in [5.41, 5.74) is 2.00. The zero-order valence-electron chi connectivity index (χ0n) is 19.3. The number of carbonyl (C=O) groups excluding carboxylic acids is 1. The number of aliphatic hydroxyl groups is 1. The second-order valence-electron chi connectivity index (χ2n) is 10.9. The average molecular weight is 489 g/mol. The normalized spacial score (nSPS) is 38.0.